The summed E-state index contributed by atoms with van der Waals surface area (Å²) in [4.78, 5) is 24.0. The Hall–Kier alpha value is -1.66. The largest absolute Gasteiger partial charge is 0.394 e. The molecule has 110 valence electrons. The second kappa shape index (κ2) is 7.21. The van der Waals surface area contributed by atoms with Crippen molar-refractivity contribution in [2.75, 3.05) is 20.2 Å². The maximum Gasteiger partial charge on any atom is 0.240 e. The highest BCUT2D eigenvalue weighted by molar-refractivity contribution is 6.30. The van der Waals surface area contributed by atoms with Gasteiger partial charge in [-0.2, -0.15) is 0 Å². The van der Waals surface area contributed by atoms with Crippen molar-refractivity contribution in [1.29, 1.82) is 0 Å². The number of rotatable bonds is 5. The van der Waals surface area contributed by atoms with Gasteiger partial charge in [0.1, 0.15) is 5.82 Å². The fourth-order valence-electron chi connectivity index (χ4n) is 1.53. The van der Waals surface area contributed by atoms with Crippen molar-refractivity contribution in [3.8, 4) is 0 Å². The summed E-state index contributed by atoms with van der Waals surface area (Å²) in [6.07, 6.45) is 0. The van der Waals surface area contributed by atoms with E-state index in [1.54, 1.807) is 0 Å². The molecule has 1 rings (SSSR count). The van der Waals surface area contributed by atoms with Gasteiger partial charge in [-0.15, -0.1) is 0 Å². The first kappa shape index (κ1) is 16.4. The Morgan fingerprint density at radius 2 is 2.15 bits per heavy atom. The van der Waals surface area contributed by atoms with Crippen LogP contribution in [-0.4, -0.2) is 42.0 Å². The van der Waals surface area contributed by atoms with Crippen LogP contribution in [0.3, 0.4) is 0 Å². The van der Waals surface area contributed by atoms with Crippen LogP contribution < -0.4 is 5.32 Å². The molecule has 1 aromatic carbocycles. The molecule has 0 bridgehead atoms. The van der Waals surface area contributed by atoms with Gasteiger partial charge in [0.25, 0.3) is 0 Å². The first-order valence-electron chi connectivity index (χ1n) is 5.92. The predicted molar refractivity (Wildman–Crippen MR) is 72.7 cm³/mol. The Labute approximate surface area is 121 Å². The van der Waals surface area contributed by atoms with E-state index in [2.05, 4.69) is 5.32 Å². The summed E-state index contributed by atoms with van der Waals surface area (Å²) in [5.41, 5.74) is 0.397. The number of nitrogens with one attached hydrogen (secondary N) is 1. The normalized spacial score (nSPS) is 11.8. The van der Waals surface area contributed by atoms with Gasteiger partial charge in [0.15, 0.2) is 0 Å². The van der Waals surface area contributed by atoms with E-state index in [9.17, 15) is 19.1 Å². The number of hydrogen-bond donors (Lipinski definition) is 2. The van der Waals surface area contributed by atoms with E-state index < -0.39 is 24.4 Å². The number of hydrogen-bond acceptors (Lipinski definition) is 3. The van der Waals surface area contributed by atoms with Crippen molar-refractivity contribution in [3.63, 3.8) is 0 Å². The lowest BCUT2D eigenvalue weighted by Crippen LogP contribution is -2.39. The highest BCUT2D eigenvalue weighted by Gasteiger charge is 2.17. The topological polar surface area (TPSA) is 69.6 Å². The number of carbonyl (C=O) groups excluding carboxylic acids is 2. The number of aliphatic hydroxyl groups excluding tert-OH is 1. The van der Waals surface area contributed by atoms with Crippen molar-refractivity contribution in [2.24, 2.45) is 0 Å². The van der Waals surface area contributed by atoms with Crippen LogP contribution in [0.5, 0.6) is 0 Å². The van der Waals surface area contributed by atoms with E-state index in [1.807, 2.05) is 0 Å². The Kier molecular flexibility index (Phi) is 5.91. The van der Waals surface area contributed by atoms with Gasteiger partial charge in [0.05, 0.1) is 24.2 Å². The number of aliphatic hydroxyl groups is 1. The van der Waals surface area contributed by atoms with E-state index >= 15 is 0 Å². The predicted octanol–water partition coefficient (Wildman–Crippen LogP) is 1.11. The van der Waals surface area contributed by atoms with Gasteiger partial charge in [-0.1, -0.05) is 17.7 Å². The molecule has 0 aliphatic heterocycles. The minimum atomic E-state index is -0.755. The summed E-state index contributed by atoms with van der Waals surface area (Å²) < 4.78 is 13.4. The summed E-state index contributed by atoms with van der Waals surface area (Å²) >= 11 is 5.57. The molecule has 0 aromatic heterocycles. The molecule has 2 amide bonds. The van der Waals surface area contributed by atoms with Crippen molar-refractivity contribution in [3.05, 3.63) is 34.6 Å². The van der Waals surface area contributed by atoms with Crippen molar-refractivity contribution in [2.45, 2.75) is 13.0 Å². The third-order valence-corrected chi connectivity index (χ3v) is 3.09. The zero-order valence-electron chi connectivity index (χ0n) is 11.2. The lowest BCUT2D eigenvalue weighted by Gasteiger charge is -2.20. The molecule has 0 heterocycles. The van der Waals surface area contributed by atoms with Gasteiger partial charge < -0.3 is 15.3 Å². The standard InChI is InChI=1S/C13H16ClFN2O3/c1-8(19)17(2)6-13(20)16-12(7-18)9-3-4-10(14)11(15)5-9/h3-5,12,18H,6-7H2,1-2H3,(H,16,20). The second-order valence-electron chi connectivity index (χ2n) is 4.35. The Bertz CT molecular complexity index is 510. The first-order valence-corrected chi connectivity index (χ1v) is 6.29. The van der Waals surface area contributed by atoms with Crippen LogP contribution in [-0.2, 0) is 9.59 Å². The number of halogens is 2. The Balaban J connectivity index is 2.74. The van der Waals surface area contributed by atoms with E-state index in [1.165, 1.54) is 31.0 Å². The van der Waals surface area contributed by atoms with Gasteiger partial charge in [-0.3, -0.25) is 9.59 Å². The minimum absolute atomic E-state index is 0.0342. The number of benzene rings is 1. The molecule has 1 unspecified atom stereocenters. The van der Waals surface area contributed by atoms with Crippen LogP contribution in [0.1, 0.15) is 18.5 Å². The van der Waals surface area contributed by atoms with Crippen LogP contribution in [0.25, 0.3) is 0 Å². The van der Waals surface area contributed by atoms with Gasteiger partial charge >= 0.3 is 0 Å². The third-order valence-electron chi connectivity index (χ3n) is 2.78. The minimum Gasteiger partial charge on any atom is -0.394 e. The SMILES string of the molecule is CC(=O)N(C)CC(=O)NC(CO)c1ccc(Cl)c(F)c1. The number of nitrogens with zero attached hydrogens (tertiary/aromatic N) is 1. The molecule has 0 spiro atoms. The van der Waals surface area contributed by atoms with Crippen molar-refractivity contribution >= 4 is 23.4 Å². The zero-order chi connectivity index (χ0) is 15.3. The molecule has 1 aromatic rings. The molecule has 0 saturated heterocycles. The summed E-state index contributed by atoms with van der Waals surface area (Å²) in [7, 11) is 1.48. The second-order valence-corrected chi connectivity index (χ2v) is 4.76. The molecule has 0 saturated carbocycles. The quantitative estimate of drug-likeness (QED) is 0.856. The molecule has 0 radical (unpaired) electrons. The molecule has 0 aliphatic rings. The Morgan fingerprint density at radius 3 is 2.65 bits per heavy atom. The lowest BCUT2D eigenvalue weighted by molar-refractivity contribution is -0.133. The van der Waals surface area contributed by atoms with E-state index in [0.717, 1.165) is 6.07 Å². The maximum absolute atomic E-state index is 13.4. The first-order chi connectivity index (χ1) is 9.35. The van der Waals surface area contributed by atoms with Crippen LogP contribution in [0, 0.1) is 5.82 Å². The van der Waals surface area contributed by atoms with Gasteiger partial charge in [0.2, 0.25) is 11.8 Å². The summed E-state index contributed by atoms with van der Waals surface area (Å²) in [5.74, 6) is -1.33. The molecule has 1 atom stereocenters. The van der Waals surface area contributed by atoms with E-state index in [4.69, 9.17) is 11.6 Å². The molecule has 5 nitrogen and oxygen atoms in total. The van der Waals surface area contributed by atoms with Crippen molar-refractivity contribution < 1.29 is 19.1 Å². The van der Waals surface area contributed by atoms with Crippen LogP contribution in [0.15, 0.2) is 18.2 Å². The molecule has 0 aliphatic carbocycles. The number of amides is 2. The van der Waals surface area contributed by atoms with Crippen molar-refractivity contribution in [1.82, 2.24) is 10.2 Å². The average molecular weight is 303 g/mol. The zero-order valence-corrected chi connectivity index (χ0v) is 11.9. The Morgan fingerprint density at radius 1 is 1.50 bits per heavy atom. The highest BCUT2D eigenvalue weighted by atomic mass is 35.5. The molecule has 2 N–H and O–H groups in total. The summed E-state index contributed by atoms with van der Waals surface area (Å²) in [5, 5.41) is 11.8. The maximum atomic E-state index is 13.4. The van der Waals surface area contributed by atoms with Crippen LogP contribution in [0.2, 0.25) is 5.02 Å². The molecule has 0 fully saturated rings. The third kappa shape index (κ3) is 4.47. The summed E-state index contributed by atoms with van der Waals surface area (Å²) in [6.45, 7) is 0.809. The van der Waals surface area contributed by atoms with Crippen LogP contribution >= 0.6 is 11.6 Å². The highest BCUT2D eigenvalue weighted by Crippen LogP contribution is 2.20. The number of likely N-dealkylation sites (N-methyl/N-ethyl adjacent to an activating group) is 1. The van der Waals surface area contributed by atoms with Gasteiger partial charge in [-0.05, 0) is 17.7 Å². The molecule has 7 heteroatoms. The molecular weight excluding hydrogens is 287 g/mol. The number of carbonyl (C=O) groups is 2. The average Bonchev–Trinajstić information content (AvgIpc) is 2.39. The smallest absolute Gasteiger partial charge is 0.240 e. The van der Waals surface area contributed by atoms with Gasteiger partial charge in [-0.25, -0.2) is 4.39 Å². The van der Waals surface area contributed by atoms with Crippen LogP contribution in [0.4, 0.5) is 4.39 Å². The fourth-order valence-corrected chi connectivity index (χ4v) is 1.65. The lowest BCUT2D eigenvalue weighted by atomic mass is 10.1. The van der Waals surface area contributed by atoms with Gasteiger partial charge in [0, 0.05) is 14.0 Å². The molecular formula is C13H16ClFN2O3. The molecule has 20 heavy (non-hydrogen) atoms. The van der Waals surface area contributed by atoms with E-state index in [0.29, 0.717) is 5.56 Å². The van der Waals surface area contributed by atoms with E-state index in [-0.39, 0.29) is 17.5 Å². The summed E-state index contributed by atoms with van der Waals surface area (Å²) in [6, 6.07) is 3.26. The monoisotopic (exact) mass is 302 g/mol. The fraction of sp³-hybridized carbons (Fsp3) is 0.385.